The van der Waals surface area contributed by atoms with Gasteiger partial charge in [-0.25, -0.2) is 9.98 Å². The highest BCUT2D eigenvalue weighted by molar-refractivity contribution is 6.02. The molecule has 0 amide bonds. The lowest BCUT2D eigenvalue weighted by atomic mass is 10.1. The summed E-state index contributed by atoms with van der Waals surface area (Å²) in [6.07, 6.45) is 7.57. The quantitative estimate of drug-likeness (QED) is 0.509. The smallest absolute Gasteiger partial charge is 0.163 e. The molecule has 7 heteroatoms. The number of aliphatic imine (C=N–C) groups is 2. The predicted octanol–water partition coefficient (Wildman–Crippen LogP) is 3.44. The van der Waals surface area contributed by atoms with Crippen LogP contribution < -0.4 is 14.8 Å². The summed E-state index contributed by atoms with van der Waals surface area (Å²) in [7, 11) is 3.26. The van der Waals surface area contributed by atoms with E-state index >= 15 is 0 Å². The number of nitrogens with one attached hydrogen (secondary N) is 1. The van der Waals surface area contributed by atoms with Crippen molar-refractivity contribution in [3.63, 3.8) is 0 Å². The summed E-state index contributed by atoms with van der Waals surface area (Å²) >= 11 is 0. The van der Waals surface area contributed by atoms with Crippen LogP contribution in [0.5, 0.6) is 11.5 Å². The van der Waals surface area contributed by atoms with Gasteiger partial charge in [-0.15, -0.1) is 6.42 Å². The van der Waals surface area contributed by atoms with Crippen LogP contribution in [0.25, 0.3) is 0 Å². The highest BCUT2D eigenvalue weighted by Gasteiger charge is 2.16. The number of methoxy groups -OCH3 is 2. The molecule has 0 atom stereocenters. The molecule has 0 unspecified atom stereocenters. The van der Waals surface area contributed by atoms with E-state index in [9.17, 15) is 0 Å². The van der Waals surface area contributed by atoms with E-state index in [0.717, 1.165) is 28.3 Å². The van der Waals surface area contributed by atoms with Gasteiger partial charge in [-0.3, -0.25) is 0 Å². The minimum atomic E-state index is 0.411. The topological polar surface area (TPSA) is 73.7 Å². The number of amidine groups is 1. The molecule has 30 heavy (non-hydrogen) atoms. The Bertz CT molecular complexity index is 963. The number of terminal acetylenes is 1. The Morgan fingerprint density at radius 1 is 1.00 bits per heavy atom. The average molecular weight is 407 g/mol. The number of ether oxygens (including phenoxy) is 4. The van der Waals surface area contributed by atoms with Crippen LogP contribution in [0.2, 0.25) is 0 Å². The SMILES string of the molecule is C#Cc1cccc(NC2=NC=Nc3cc(OCCOC)c(OCCOC)cc3C2)c1. The van der Waals surface area contributed by atoms with E-state index in [1.807, 2.05) is 36.4 Å². The Morgan fingerprint density at radius 3 is 2.43 bits per heavy atom. The molecule has 1 N–H and O–H groups in total. The second-order valence-electron chi connectivity index (χ2n) is 6.46. The first-order valence-corrected chi connectivity index (χ1v) is 9.56. The molecular weight excluding hydrogens is 382 g/mol. The number of hydrogen-bond acceptors (Lipinski definition) is 7. The summed E-state index contributed by atoms with van der Waals surface area (Å²) in [5, 5.41) is 3.32. The molecule has 0 aromatic heterocycles. The summed E-state index contributed by atoms with van der Waals surface area (Å²) in [4.78, 5) is 8.90. The van der Waals surface area contributed by atoms with E-state index in [0.29, 0.717) is 44.3 Å². The van der Waals surface area contributed by atoms with Gasteiger partial charge in [-0.05, 0) is 29.8 Å². The lowest BCUT2D eigenvalue weighted by Gasteiger charge is -2.16. The van der Waals surface area contributed by atoms with Crippen molar-refractivity contribution in [3.8, 4) is 23.8 Å². The first-order valence-electron chi connectivity index (χ1n) is 9.56. The van der Waals surface area contributed by atoms with Crippen LogP contribution in [-0.2, 0) is 15.9 Å². The van der Waals surface area contributed by atoms with Crippen molar-refractivity contribution in [2.45, 2.75) is 6.42 Å². The predicted molar refractivity (Wildman–Crippen MR) is 118 cm³/mol. The molecule has 156 valence electrons. The monoisotopic (exact) mass is 407 g/mol. The third kappa shape index (κ3) is 5.83. The molecule has 3 rings (SSSR count). The Morgan fingerprint density at radius 2 is 1.73 bits per heavy atom. The standard InChI is InChI=1S/C23H25N3O4/c1-4-17-6-5-7-19(12-17)26-23-14-18-13-21(29-10-8-27-2)22(30-11-9-28-3)15-20(18)24-16-25-23/h1,5-7,12-13,15-16H,8-11,14H2,2-3H3,(H,24,25,26). The zero-order valence-electron chi connectivity index (χ0n) is 17.2. The Balaban J connectivity index is 1.81. The minimum Gasteiger partial charge on any atom is -0.487 e. The minimum absolute atomic E-state index is 0.411. The number of rotatable bonds is 9. The molecule has 0 aliphatic carbocycles. The lowest BCUT2D eigenvalue weighted by molar-refractivity contribution is 0.132. The third-order valence-electron chi connectivity index (χ3n) is 4.32. The molecule has 1 heterocycles. The molecule has 0 saturated heterocycles. The van der Waals surface area contributed by atoms with Gasteiger partial charge in [0, 0.05) is 38.0 Å². The second kappa shape index (κ2) is 11.0. The van der Waals surface area contributed by atoms with Crippen LogP contribution in [0.1, 0.15) is 11.1 Å². The van der Waals surface area contributed by atoms with Crippen molar-refractivity contribution in [1.29, 1.82) is 0 Å². The van der Waals surface area contributed by atoms with Gasteiger partial charge >= 0.3 is 0 Å². The molecule has 0 bridgehead atoms. The zero-order chi connectivity index (χ0) is 21.2. The van der Waals surface area contributed by atoms with E-state index < -0.39 is 0 Å². The largest absolute Gasteiger partial charge is 0.487 e. The number of nitrogens with zero attached hydrogens (tertiary/aromatic N) is 2. The van der Waals surface area contributed by atoms with E-state index in [-0.39, 0.29) is 0 Å². The van der Waals surface area contributed by atoms with Crippen LogP contribution in [0.15, 0.2) is 46.4 Å². The molecule has 0 radical (unpaired) electrons. The van der Waals surface area contributed by atoms with Gasteiger partial charge in [0.1, 0.15) is 25.4 Å². The van der Waals surface area contributed by atoms with Gasteiger partial charge in [0.05, 0.1) is 18.9 Å². The first-order chi connectivity index (χ1) is 14.7. The number of benzene rings is 2. The van der Waals surface area contributed by atoms with Gasteiger partial charge in [0.25, 0.3) is 0 Å². The molecule has 1 aliphatic heterocycles. The van der Waals surface area contributed by atoms with Gasteiger partial charge in [-0.2, -0.15) is 0 Å². The van der Waals surface area contributed by atoms with Crippen molar-refractivity contribution >= 4 is 23.5 Å². The second-order valence-corrected chi connectivity index (χ2v) is 6.46. The molecular formula is C23H25N3O4. The zero-order valence-corrected chi connectivity index (χ0v) is 17.2. The van der Waals surface area contributed by atoms with E-state index in [1.54, 1.807) is 14.2 Å². The van der Waals surface area contributed by atoms with Crippen molar-refractivity contribution in [1.82, 2.24) is 0 Å². The third-order valence-corrected chi connectivity index (χ3v) is 4.32. The molecule has 2 aromatic carbocycles. The maximum Gasteiger partial charge on any atom is 0.163 e. The van der Waals surface area contributed by atoms with Crippen molar-refractivity contribution in [2.75, 3.05) is 46.0 Å². The highest BCUT2D eigenvalue weighted by atomic mass is 16.5. The Kier molecular flexibility index (Phi) is 7.84. The van der Waals surface area contributed by atoms with Gasteiger partial charge in [0.2, 0.25) is 0 Å². The number of hydrogen-bond donors (Lipinski definition) is 1. The Hall–Kier alpha value is -3.34. The Labute approximate surface area is 176 Å². The van der Waals surface area contributed by atoms with Crippen LogP contribution in [-0.4, -0.2) is 52.8 Å². The molecule has 0 spiro atoms. The molecule has 0 fully saturated rings. The van der Waals surface area contributed by atoms with Crippen molar-refractivity contribution in [2.24, 2.45) is 9.98 Å². The molecule has 7 nitrogen and oxygen atoms in total. The maximum atomic E-state index is 5.87. The molecule has 1 aliphatic rings. The maximum absolute atomic E-state index is 5.87. The van der Waals surface area contributed by atoms with Gasteiger partial charge in [-0.1, -0.05) is 12.0 Å². The summed E-state index contributed by atoms with van der Waals surface area (Å²) in [6.45, 7) is 1.78. The fraction of sp³-hybridized carbons (Fsp3) is 0.304. The first kappa shape index (κ1) is 21.4. The number of anilines is 1. The van der Waals surface area contributed by atoms with Gasteiger partial charge < -0.3 is 24.3 Å². The van der Waals surface area contributed by atoms with E-state index in [1.165, 1.54) is 6.34 Å². The van der Waals surface area contributed by atoms with Crippen LogP contribution in [0.4, 0.5) is 11.4 Å². The lowest BCUT2D eigenvalue weighted by Crippen LogP contribution is -2.15. The van der Waals surface area contributed by atoms with E-state index in [4.69, 9.17) is 25.4 Å². The van der Waals surface area contributed by atoms with Crippen LogP contribution in [0.3, 0.4) is 0 Å². The van der Waals surface area contributed by atoms with Crippen LogP contribution in [0, 0.1) is 12.3 Å². The van der Waals surface area contributed by atoms with Crippen molar-refractivity contribution < 1.29 is 18.9 Å². The summed E-state index contributed by atoms with van der Waals surface area (Å²) < 4.78 is 21.9. The van der Waals surface area contributed by atoms with Crippen LogP contribution >= 0.6 is 0 Å². The highest BCUT2D eigenvalue weighted by Crippen LogP contribution is 2.36. The average Bonchev–Trinajstić information content (AvgIpc) is 2.95. The summed E-state index contributed by atoms with van der Waals surface area (Å²) in [5.41, 5.74) is 3.42. The van der Waals surface area contributed by atoms with Crippen molar-refractivity contribution in [3.05, 3.63) is 47.5 Å². The molecule has 0 saturated carbocycles. The summed E-state index contributed by atoms with van der Waals surface area (Å²) in [5.74, 6) is 4.63. The van der Waals surface area contributed by atoms with Gasteiger partial charge in [0.15, 0.2) is 11.5 Å². The molecule has 2 aromatic rings. The fourth-order valence-corrected chi connectivity index (χ4v) is 2.87. The number of fused-ring (bicyclic) bond motifs is 1. The summed E-state index contributed by atoms with van der Waals surface area (Å²) in [6, 6.07) is 11.4. The fourth-order valence-electron chi connectivity index (χ4n) is 2.87. The normalized spacial score (nSPS) is 12.4. The van der Waals surface area contributed by atoms with E-state index in [2.05, 4.69) is 21.2 Å².